The van der Waals surface area contributed by atoms with Gasteiger partial charge >= 0.3 is 0 Å². The highest BCUT2D eigenvalue weighted by molar-refractivity contribution is 6.05. The standard InChI is InChI=1S/C25H24N2O2/c1-15(2)18-7-9-19(10-8-18)25-27-22-14-21(11-12-23(22)29-25)26-24(28)20-6-5-16(3)17(4)13-20/h5-15H,1-4H3,(H,26,28). The van der Waals surface area contributed by atoms with E-state index in [9.17, 15) is 4.79 Å². The number of hydrogen-bond acceptors (Lipinski definition) is 3. The van der Waals surface area contributed by atoms with E-state index in [1.807, 2.05) is 62.4 Å². The molecule has 0 spiro atoms. The third-order valence-electron chi connectivity index (χ3n) is 5.24. The zero-order valence-electron chi connectivity index (χ0n) is 17.1. The second-order valence-electron chi connectivity index (χ2n) is 7.73. The van der Waals surface area contributed by atoms with Gasteiger partial charge in [0.2, 0.25) is 5.89 Å². The number of aromatic nitrogens is 1. The smallest absolute Gasteiger partial charge is 0.255 e. The number of carbonyl (C=O) groups is 1. The minimum Gasteiger partial charge on any atom is -0.436 e. The third kappa shape index (κ3) is 3.92. The Bertz CT molecular complexity index is 1190. The molecule has 0 radical (unpaired) electrons. The molecule has 0 atom stereocenters. The Morgan fingerprint density at radius 1 is 0.931 bits per heavy atom. The van der Waals surface area contributed by atoms with E-state index < -0.39 is 0 Å². The molecule has 0 aliphatic rings. The van der Waals surface area contributed by atoms with Crippen molar-refractivity contribution in [3.63, 3.8) is 0 Å². The summed E-state index contributed by atoms with van der Waals surface area (Å²) in [5.41, 5.74) is 7.21. The molecule has 0 fully saturated rings. The van der Waals surface area contributed by atoms with Gasteiger partial charge in [0, 0.05) is 16.8 Å². The number of hydrogen-bond donors (Lipinski definition) is 1. The van der Waals surface area contributed by atoms with Crippen molar-refractivity contribution in [1.82, 2.24) is 4.98 Å². The second-order valence-corrected chi connectivity index (χ2v) is 7.73. The van der Waals surface area contributed by atoms with Gasteiger partial charge in [-0.25, -0.2) is 4.98 Å². The maximum absolute atomic E-state index is 12.6. The van der Waals surface area contributed by atoms with Crippen LogP contribution in [0.3, 0.4) is 0 Å². The number of rotatable bonds is 4. The Morgan fingerprint density at radius 2 is 1.69 bits per heavy atom. The van der Waals surface area contributed by atoms with Crippen LogP contribution in [0.15, 0.2) is 65.1 Å². The predicted molar refractivity (Wildman–Crippen MR) is 117 cm³/mol. The van der Waals surface area contributed by atoms with Crippen molar-refractivity contribution in [2.24, 2.45) is 0 Å². The van der Waals surface area contributed by atoms with E-state index >= 15 is 0 Å². The van der Waals surface area contributed by atoms with Crippen LogP contribution in [0.5, 0.6) is 0 Å². The van der Waals surface area contributed by atoms with Crippen LogP contribution in [-0.2, 0) is 0 Å². The number of amides is 1. The van der Waals surface area contributed by atoms with E-state index in [1.54, 1.807) is 0 Å². The molecule has 0 bridgehead atoms. The van der Waals surface area contributed by atoms with Gasteiger partial charge in [0.1, 0.15) is 5.52 Å². The summed E-state index contributed by atoms with van der Waals surface area (Å²) in [4.78, 5) is 17.2. The summed E-state index contributed by atoms with van der Waals surface area (Å²) in [5.74, 6) is 0.921. The molecule has 1 N–H and O–H groups in total. The average Bonchev–Trinajstić information content (AvgIpc) is 3.13. The fourth-order valence-electron chi connectivity index (χ4n) is 3.23. The molecule has 0 aliphatic heterocycles. The Hall–Kier alpha value is -3.40. The predicted octanol–water partition coefficient (Wildman–Crippen LogP) is 6.49. The summed E-state index contributed by atoms with van der Waals surface area (Å²) in [6.07, 6.45) is 0. The SMILES string of the molecule is Cc1ccc(C(=O)Nc2ccc3oc(-c4ccc(C(C)C)cc4)nc3c2)cc1C. The van der Waals surface area contributed by atoms with Gasteiger partial charge < -0.3 is 9.73 Å². The molecule has 0 saturated heterocycles. The van der Waals surface area contributed by atoms with E-state index in [-0.39, 0.29) is 5.91 Å². The Labute approximate surface area is 170 Å². The van der Waals surface area contributed by atoms with Crippen LogP contribution in [0.4, 0.5) is 5.69 Å². The molecule has 4 aromatic rings. The molecule has 4 nitrogen and oxygen atoms in total. The highest BCUT2D eigenvalue weighted by Crippen LogP contribution is 2.27. The van der Waals surface area contributed by atoms with Crippen molar-refractivity contribution in [3.05, 3.63) is 82.9 Å². The molecule has 146 valence electrons. The first kappa shape index (κ1) is 18.9. The minimum absolute atomic E-state index is 0.138. The fourth-order valence-corrected chi connectivity index (χ4v) is 3.23. The Kier molecular flexibility index (Phi) is 4.93. The Morgan fingerprint density at radius 3 is 2.38 bits per heavy atom. The number of nitrogens with one attached hydrogen (secondary N) is 1. The van der Waals surface area contributed by atoms with E-state index in [0.29, 0.717) is 34.2 Å². The number of anilines is 1. The highest BCUT2D eigenvalue weighted by atomic mass is 16.3. The first-order valence-electron chi connectivity index (χ1n) is 9.80. The molecule has 29 heavy (non-hydrogen) atoms. The molecule has 0 aliphatic carbocycles. The minimum atomic E-state index is -0.138. The molecule has 1 aromatic heterocycles. The number of oxazole rings is 1. The molecule has 3 aromatic carbocycles. The van der Waals surface area contributed by atoms with Gasteiger partial charge in [-0.15, -0.1) is 0 Å². The number of carbonyl (C=O) groups excluding carboxylic acids is 1. The lowest BCUT2D eigenvalue weighted by atomic mass is 10.0. The van der Waals surface area contributed by atoms with Crippen molar-refractivity contribution >= 4 is 22.7 Å². The molecule has 4 heteroatoms. The van der Waals surface area contributed by atoms with Crippen LogP contribution in [0.1, 0.15) is 46.8 Å². The molecular weight excluding hydrogens is 360 g/mol. The lowest BCUT2D eigenvalue weighted by Crippen LogP contribution is -2.12. The number of aryl methyl sites for hydroxylation is 2. The largest absolute Gasteiger partial charge is 0.436 e. The molecule has 0 saturated carbocycles. The van der Waals surface area contributed by atoms with Gasteiger partial charge in [-0.1, -0.05) is 32.0 Å². The van der Waals surface area contributed by atoms with Gasteiger partial charge in [0.05, 0.1) is 0 Å². The number of nitrogens with zero attached hydrogens (tertiary/aromatic N) is 1. The van der Waals surface area contributed by atoms with Crippen LogP contribution < -0.4 is 5.32 Å². The highest BCUT2D eigenvalue weighted by Gasteiger charge is 2.12. The second kappa shape index (κ2) is 7.55. The summed E-state index contributed by atoms with van der Waals surface area (Å²) in [6.45, 7) is 8.37. The van der Waals surface area contributed by atoms with Gasteiger partial charge in [-0.3, -0.25) is 4.79 Å². The first-order valence-corrected chi connectivity index (χ1v) is 9.80. The summed E-state index contributed by atoms with van der Waals surface area (Å²) in [6, 6.07) is 19.5. The first-order chi connectivity index (χ1) is 13.9. The number of benzene rings is 3. The van der Waals surface area contributed by atoms with E-state index in [4.69, 9.17) is 4.42 Å². The van der Waals surface area contributed by atoms with Crippen LogP contribution in [0.2, 0.25) is 0 Å². The number of fused-ring (bicyclic) bond motifs is 1. The van der Waals surface area contributed by atoms with Crippen molar-refractivity contribution in [1.29, 1.82) is 0 Å². The summed E-state index contributed by atoms with van der Waals surface area (Å²) in [5, 5.41) is 2.95. The molecule has 4 rings (SSSR count). The van der Waals surface area contributed by atoms with Crippen LogP contribution in [0.25, 0.3) is 22.6 Å². The van der Waals surface area contributed by atoms with Crippen molar-refractivity contribution in [2.75, 3.05) is 5.32 Å². The van der Waals surface area contributed by atoms with E-state index in [0.717, 1.165) is 11.1 Å². The van der Waals surface area contributed by atoms with E-state index in [2.05, 4.69) is 36.3 Å². The normalized spacial score (nSPS) is 11.2. The van der Waals surface area contributed by atoms with Gasteiger partial charge in [0.15, 0.2) is 5.58 Å². The topological polar surface area (TPSA) is 55.1 Å². The molecule has 1 heterocycles. The van der Waals surface area contributed by atoms with Gasteiger partial charge in [0.25, 0.3) is 5.91 Å². The van der Waals surface area contributed by atoms with E-state index in [1.165, 1.54) is 11.1 Å². The van der Waals surface area contributed by atoms with Gasteiger partial charge in [-0.2, -0.15) is 0 Å². The maximum atomic E-state index is 12.6. The summed E-state index contributed by atoms with van der Waals surface area (Å²) < 4.78 is 5.90. The van der Waals surface area contributed by atoms with Crippen molar-refractivity contribution in [3.8, 4) is 11.5 Å². The van der Waals surface area contributed by atoms with Crippen LogP contribution in [0, 0.1) is 13.8 Å². The lowest BCUT2D eigenvalue weighted by molar-refractivity contribution is 0.102. The summed E-state index contributed by atoms with van der Waals surface area (Å²) >= 11 is 0. The van der Waals surface area contributed by atoms with Crippen LogP contribution >= 0.6 is 0 Å². The van der Waals surface area contributed by atoms with Crippen molar-refractivity contribution in [2.45, 2.75) is 33.6 Å². The zero-order valence-corrected chi connectivity index (χ0v) is 17.1. The summed E-state index contributed by atoms with van der Waals surface area (Å²) in [7, 11) is 0. The quantitative estimate of drug-likeness (QED) is 0.438. The molecule has 1 amide bonds. The Balaban J connectivity index is 1.58. The van der Waals surface area contributed by atoms with Gasteiger partial charge in [-0.05, 0) is 78.9 Å². The molecule has 0 unspecified atom stereocenters. The average molecular weight is 384 g/mol. The zero-order chi connectivity index (χ0) is 20.5. The van der Waals surface area contributed by atoms with Crippen LogP contribution in [-0.4, -0.2) is 10.9 Å². The monoisotopic (exact) mass is 384 g/mol. The lowest BCUT2D eigenvalue weighted by Gasteiger charge is -2.07. The maximum Gasteiger partial charge on any atom is 0.255 e. The fraction of sp³-hybridized carbons (Fsp3) is 0.200. The molecular formula is C25H24N2O2. The van der Waals surface area contributed by atoms with Crippen molar-refractivity contribution < 1.29 is 9.21 Å². The third-order valence-corrected chi connectivity index (χ3v) is 5.24.